The monoisotopic (exact) mass is 190 g/mol. The molecule has 2 heteroatoms. The molecular formula is C12H14O2. The van der Waals surface area contributed by atoms with Crippen molar-refractivity contribution in [2.45, 2.75) is 20.3 Å². The first kappa shape index (κ1) is 10.6. The normalized spacial score (nSPS) is 12.1. The van der Waals surface area contributed by atoms with Gasteiger partial charge in [-0.25, -0.2) is 0 Å². The Kier molecular flexibility index (Phi) is 3.57. The van der Waals surface area contributed by atoms with Crippen molar-refractivity contribution in [2.75, 3.05) is 0 Å². The van der Waals surface area contributed by atoms with Crippen molar-refractivity contribution in [1.82, 2.24) is 0 Å². The predicted octanol–water partition coefficient (Wildman–Crippen LogP) is 2.73. The molecule has 0 aliphatic rings. The minimum atomic E-state index is -0.0175. The van der Waals surface area contributed by atoms with Crippen molar-refractivity contribution in [2.24, 2.45) is 5.92 Å². The van der Waals surface area contributed by atoms with E-state index >= 15 is 0 Å². The predicted molar refractivity (Wildman–Crippen MR) is 55.6 cm³/mol. The summed E-state index contributed by atoms with van der Waals surface area (Å²) in [6.45, 7) is 3.84. The third-order valence-corrected chi connectivity index (χ3v) is 2.41. The zero-order valence-corrected chi connectivity index (χ0v) is 8.49. The number of hydrogen-bond acceptors (Lipinski definition) is 2. The fourth-order valence-electron chi connectivity index (χ4n) is 1.28. The molecule has 0 heterocycles. The van der Waals surface area contributed by atoms with Crippen molar-refractivity contribution in [3.8, 4) is 0 Å². The molecule has 0 radical (unpaired) electrons. The van der Waals surface area contributed by atoms with E-state index in [1.165, 1.54) is 0 Å². The maximum absolute atomic E-state index is 11.8. The summed E-state index contributed by atoms with van der Waals surface area (Å²) in [5, 5.41) is 0. The number of aldehydes is 1. The van der Waals surface area contributed by atoms with Gasteiger partial charge < -0.3 is 0 Å². The van der Waals surface area contributed by atoms with Gasteiger partial charge in [-0.05, 0) is 6.42 Å². The van der Waals surface area contributed by atoms with E-state index < -0.39 is 0 Å². The Balaban J connectivity index is 3.05. The second-order valence-corrected chi connectivity index (χ2v) is 3.38. The summed E-state index contributed by atoms with van der Waals surface area (Å²) in [4.78, 5) is 22.5. The maximum Gasteiger partial charge on any atom is 0.166 e. The molecule has 0 saturated heterocycles. The van der Waals surface area contributed by atoms with Crippen LogP contribution in [0, 0.1) is 5.92 Å². The van der Waals surface area contributed by atoms with Gasteiger partial charge in [-0.2, -0.15) is 0 Å². The first-order valence-electron chi connectivity index (χ1n) is 4.79. The lowest BCUT2D eigenvalue weighted by atomic mass is 9.94. The molecular weight excluding hydrogens is 176 g/mol. The van der Waals surface area contributed by atoms with Gasteiger partial charge in [0.25, 0.3) is 0 Å². The topological polar surface area (TPSA) is 34.1 Å². The van der Waals surface area contributed by atoms with Crippen molar-refractivity contribution >= 4 is 12.1 Å². The highest BCUT2D eigenvalue weighted by atomic mass is 16.1. The Hall–Kier alpha value is -1.44. The molecule has 0 aliphatic carbocycles. The number of carbonyl (C=O) groups is 2. The zero-order chi connectivity index (χ0) is 10.6. The number of rotatable bonds is 4. The number of benzene rings is 1. The molecule has 0 aromatic heterocycles. The molecule has 0 aliphatic heterocycles. The van der Waals surface area contributed by atoms with Crippen LogP contribution in [-0.4, -0.2) is 12.1 Å². The lowest BCUT2D eigenvalue weighted by molar-refractivity contribution is 0.0922. The van der Waals surface area contributed by atoms with Crippen LogP contribution in [0.3, 0.4) is 0 Å². The summed E-state index contributed by atoms with van der Waals surface area (Å²) >= 11 is 0. The van der Waals surface area contributed by atoms with Gasteiger partial charge >= 0.3 is 0 Å². The molecule has 1 unspecified atom stereocenters. The van der Waals surface area contributed by atoms with Gasteiger partial charge in [0.05, 0.1) is 0 Å². The zero-order valence-electron chi connectivity index (χ0n) is 8.49. The van der Waals surface area contributed by atoms with Gasteiger partial charge in [0.2, 0.25) is 0 Å². The number of carbonyl (C=O) groups excluding carboxylic acids is 2. The fraction of sp³-hybridized carbons (Fsp3) is 0.333. The Morgan fingerprint density at radius 1 is 1.43 bits per heavy atom. The van der Waals surface area contributed by atoms with Crippen molar-refractivity contribution in [3.05, 3.63) is 35.4 Å². The second-order valence-electron chi connectivity index (χ2n) is 3.38. The third kappa shape index (κ3) is 2.08. The van der Waals surface area contributed by atoms with Crippen LogP contribution in [-0.2, 0) is 0 Å². The summed E-state index contributed by atoms with van der Waals surface area (Å²) in [5.74, 6) is 0.0336. The van der Waals surface area contributed by atoms with Crippen LogP contribution < -0.4 is 0 Å². The minimum absolute atomic E-state index is 0.0175. The second kappa shape index (κ2) is 4.70. The minimum Gasteiger partial charge on any atom is -0.298 e. The Bertz CT molecular complexity index is 342. The van der Waals surface area contributed by atoms with E-state index in [9.17, 15) is 9.59 Å². The van der Waals surface area contributed by atoms with Crippen molar-refractivity contribution in [1.29, 1.82) is 0 Å². The average molecular weight is 190 g/mol. The van der Waals surface area contributed by atoms with E-state index in [-0.39, 0.29) is 11.7 Å². The van der Waals surface area contributed by atoms with Gasteiger partial charge in [-0.3, -0.25) is 9.59 Å². The first-order chi connectivity index (χ1) is 6.70. The lowest BCUT2D eigenvalue weighted by Gasteiger charge is -2.08. The van der Waals surface area contributed by atoms with E-state index in [1.54, 1.807) is 24.3 Å². The highest BCUT2D eigenvalue weighted by Gasteiger charge is 2.15. The summed E-state index contributed by atoms with van der Waals surface area (Å²) in [7, 11) is 0. The third-order valence-electron chi connectivity index (χ3n) is 2.41. The Morgan fingerprint density at radius 2 is 2.07 bits per heavy atom. The van der Waals surface area contributed by atoms with E-state index in [1.807, 2.05) is 13.8 Å². The smallest absolute Gasteiger partial charge is 0.166 e. The molecule has 1 atom stereocenters. The molecule has 14 heavy (non-hydrogen) atoms. The van der Waals surface area contributed by atoms with Crippen LogP contribution >= 0.6 is 0 Å². The SMILES string of the molecule is CCC(C)C(=O)c1ccccc1C=O. The molecule has 0 spiro atoms. The molecule has 0 saturated carbocycles. The van der Waals surface area contributed by atoms with E-state index in [0.29, 0.717) is 11.1 Å². The largest absolute Gasteiger partial charge is 0.298 e. The fourth-order valence-corrected chi connectivity index (χ4v) is 1.28. The van der Waals surface area contributed by atoms with Crippen LogP contribution in [0.15, 0.2) is 24.3 Å². The summed E-state index contributed by atoms with van der Waals surface area (Å²) in [5.41, 5.74) is 1.02. The summed E-state index contributed by atoms with van der Waals surface area (Å²) < 4.78 is 0. The van der Waals surface area contributed by atoms with E-state index in [2.05, 4.69) is 0 Å². The molecule has 0 bridgehead atoms. The Labute approximate surface area is 83.9 Å². The highest BCUT2D eigenvalue weighted by Crippen LogP contribution is 2.14. The molecule has 1 aromatic rings. The number of ketones is 1. The molecule has 2 nitrogen and oxygen atoms in total. The van der Waals surface area contributed by atoms with Gasteiger partial charge in [0.15, 0.2) is 12.1 Å². The highest BCUT2D eigenvalue weighted by molar-refractivity contribution is 6.03. The molecule has 1 rings (SSSR count). The quantitative estimate of drug-likeness (QED) is 0.540. The lowest BCUT2D eigenvalue weighted by Crippen LogP contribution is -2.12. The Morgan fingerprint density at radius 3 is 2.64 bits per heavy atom. The molecule has 1 aromatic carbocycles. The molecule has 74 valence electrons. The van der Waals surface area contributed by atoms with Crippen LogP contribution in [0.25, 0.3) is 0 Å². The average Bonchev–Trinajstić information content (AvgIpc) is 2.26. The molecule has 0 N–H and O–H groups in total. The molecule has 0 amide bonds. The first-order valence-corrected chi connectivity index (χ1v) is 4.79. The van der Waals surface area contributed by atoms with Crippen molar-refractivity contribution < 1.29 is 9.59 Å². The van der Waals surface area contributed by atoms with Gasteiger partial charge in [-0.15, -0.1) is 0 Å². The van der Waals surface area contributed by atoms with Crippen LogP contribution in [0.5, 0.6) is 0 Å². The van der Waals surface area contributed by atoms with Crippen LogP contribution in [0.2, 0.25) is 0 Å². The van der Waals surface area contributed by atoms with Crippen molar-refractivity contribution in [3.63, 3.8) is 0 Å². The molecule has 0 fully saturated rings. The standard InChI is InChI=1S/C12H14O2/c1-3-9(2)12(14)11-7-5-4-6-10(11)8-13/h4-9H,3H2,1-2H3. The summed E-state index contributed by atoms with van der Waals surface area (Å²) in [6.07, 6.45) is 1.53. The van der Waals surface area contributed by atoms with Crippen LogP contribution in [0.1, 0.15) is 41.0 Å². The van der Waals surface area contributed by atoms with Gasteiger partial charge in [0.1, 0.15) is 0 Å². The number of Topliss-reactive ketones (excluding diaryl/α,β-unsaturated/α-hetero) is 1. The van der Waals surface area contributed by atoms with Gasteiger partial charge in [-0.1, -0.05) is 38.1 Å². The van der Waals surface area contributed by atoms with Crippen LogP contribution in [0.4, 0.5) is 0 Å². The van der Waals surface area contributed by atoms with E-state index in [0.717, 1.165) is 12.7 Å². The number of hydrogen-bond donors (Lipinski definition) is 0. The van der Waals surface area contributed by atoms with E-state index in [4.69, 9.17) is 0 Å². The maximum atomic E-state index is 11.8. The van der Waals surface area contributed by atoms with Gasteiger partial charge in [0, 0.05) is 17.0 Å². The summed E-state index contributed by atoms with van der Waals surface area (Å²) in [6, 6.07) is 6.92.